The first-order valence-electron chi connectivity index (χ1n) is 8.00. The van der Waals surface area contributed by atoms with Gasteiger partial charge in [0, 0.05) is 15.9 Å². The van der Waals surface area contributed by atoms with Crippen molar-refractivity contribution in [2.45, 2.75) is 20.8 Å². The fourth-order valence-corrected chi connectivity index (χ4v) is 5.53. The van der Waals surface area contributed by atoms with Gasteiger partial charge in [-0.2, -0.15) is 0 Å². The summed E-state index contributed by atoms with van der Waals surface area (Å²) in [4.78, 5) is 0. The topological polar surface area (TPSA) is 17.1 Å². The van der Waals surface area contributed by atoms with E-state index in [9.17, 15) is 4.57 Å². The summed E-state index contributed by atoms with van der Waals surface area (Å²) in [5.74, 6) is 0. The molecule has 0 bridgehead atoms. The molecule has 118 valence electrons. The van der Waals surface area contributed by atoms with E-state index in [1.807, 2.05) is 106 Å². The van der Waals surface area contributed by atoms with Gasteiger partial charge in [0.15, 0.2) is 7.14 Å². The summed E-state index contributed by atoms with van der Waals surface area (Å²) >= 11 is 0. The number of rotatable bonds is 3. The fourth-order valence-electron chi connectivity index (χ4n) is 2.62. The summed E-state index contributed by atoms with van der Waals surface area (Å²) in [5.41, 5.74) is 1.06. The number of hydrogen-bond donors (Lipinski definition) is 0. The van der Waals surface area contributed by atoms with Crippen molar-refractivity contribution in [1.29, 1.82) is 0 Å². The smallest absolute Gasteiger partial charge is 0.171 e. The Morgan fingerprint density at radius 1 is 0.609 bits per heavy atom. The van der Waals surface area contributed by atoms with Gasteiger partial charge in [0.25, 0.3) is 0 Å². The summed E-state index contributed by atoms with van der Waals surface area (Å²) in [7, 11) is -2.81. The molecule has 0 aromatic heterocycles. The maximum absolute atomic E-state index is 14.0. The minimum atomic E-state index is -2.81. The Morgan fingerprint density at radius 3 is 1.43 bits per heavy atom. The summed E-state index contributed by atoms with van der Waals surface area (Å²) in [6.07, 6.45) is 0. The van der Waals surface area contributed by atoms with Crippen LogP contribution in [0, 0.1) is 6.92 Å². The molecule has 2 heteroatoms. The number of aryl methyl sites for hydroxylation is 1. The molecule has 0 aliphatic heterocycles. The highest BCUT2D eigenvalue weighted by Gasteiger charge is 2.30. The third-order valence-corrected chi connectivity index (χ3v) is 6.93. The summed E-state index contributed by atoms with van der Waals surface area (Å²) in [5, 5.41) is 2.68. The lowest BCUT2D eigenvalue weighted by Gasteiger charge is -2.21. The minimum Gasteiger partial charge on any atom is -0.309 e. The Hall–Kier alpha value is -2.11. The first-order chi connectivity index (χ1) is 11.2. The molecule has 3 aromatic carbocycles. The summed E-state index contributed by atoms with van der Waals surface area (Å²) in [6.45, 7) is 6.02. The van der Waals surface area contributed by atoms with Crippen molar-refractivity contribution >= 4 is 23.1 Å². The second-order valence-corrected chi connectivity index (χ2v) is 7.80. The molecular weight excluding hydrogens is 299 g/mol. The van der Waals surface area contributed by atoms with Crippen LogP contribution >= 0.6 is 7.14 Å². The number of benzene rings is 3. The van der Waals surface area contributed by atoms with Crippen LogP contribution < -0.4 is 15.9 Å². The highest BCUT2D eigenvalue weighted by Crippen LogP contribution is 2.42. The monoisotopic (exact) mass is 322 g/mol. The molecule has 0 heterocycles. The van der Waals surface area contributed by atoms with Crippen LogP contribution in [0.3, 0.4) is 0 Å². The van der Waals surface area contributed by atoms with E-state index in [0.29, 0.717) is 0 Å². The molecule has 0 fully saturated rings. The van der Waals surface area contributed by atoms with Gasteiger partial charge in [-0.25, -0.2) is 0 Å². The molecule has 0 saturated carbocycles. The molecule has 0 radical (unpaired) electrons. The van der Waals surface area contributed by atoms with Crippen LogP contribution in [-0.4, -0.2) is 0 Å². The molecule has 3 rings (SSSR count). The maximum atomic E-state index is 14.0. The third-order valence-electron chi connectivity index (χ3n) is 3.69. The lowest BCUT2D eigenvalue weighted by Crippen LogP contribution is -2.26. The first kappa shape index (κ1) is 17.2. The Bertz CT molecular complexity index is 736. The van der Waals surface area contributed by atoms with Gasteiger partial charge in [0.05, 0.1) is 0 Å². The summed E-state index contributed by atoms with van der Waals surface area (Å²) in [6, 6.07) is 27.5. The average molecular weight is 322 g/mol. The molecule has 23 heavy (non-hydrogen) atoms. The molecule has 0 atom stereocenters. The quantitative estimate of drug-likeness (QED) is 0.641. The van der Waals surface area contributed by atoms with E-state index in [4.69, 9.17) is 0 Å². The van der Waals surface area contributed by atoms with Crippen molar-refractivity contribution in [1.82, 2.24) is 0 Å². The van der Waals surface area contributed by atoms with Gasteiger partial charge in [-0.3, -0.25) is 0 Å². The Balaban J connectivity index is 0.000000924. The Kier molecular flexibility index (Phi) is 5.96. The SMILES string of the molecule is CC.Cc1ccccc1P(=O)(c1ccccc1)c1ccccc1. The fraction of sp³-hybridized carbons (Fsp3) is 0.143. The summed E-state index contributed by atoms with van der Waals surface area (Å²) < 4.78 is 14.0. The molecule has 0 unspecified atom stereocenters. The molecule has 0 aliphatic carbocycles. The zero-order valence-electron chi connectivity index (χ0n) is 13.9. The third kappa shape index (κ3) is 3.46. The van der Waals surface area contributed by atoms with Crippen LogP contribution in [0.4, 0.5) is 0 Å². The molecule has 1 nitrogen and oxygen atoms in total. The lowest BCUT2D eigenvalue weighted by atomic mass is 10.2. The van der Waals surface area contributed by atoms with Crippen molar-refractivity contribution in [3.05, 3.63) is 90.5 Å². The van der Waals surface area contributed by atoms with E-state index in [1.165, 1.54) is 0 Å². The normalized spacial score (nSPS) is 10.6. The predicted octanol–water partition coefficient (Wildman–Crippen LogP) is 4.66. The second kappa shape index (κ2) is 7.94. The van der Waals surface area contributed by atoms with Crippen LogP contribution in [0.25, 0.3) is 0 Å². The largest absolute Gasteiger partial charge is 0.309 e. The predicted molar refractivity (Wildman–Crippen MR) is 102 cm³/mol. The van der Waals surface area contributed by atoms with E-state index >= 15 is 0 Å². The van der Waals surface area contributed by atoms with E-state index in [-0.39, 0.29) is 0 Å². The van der Waals surface area contributed by atoms with Crippen LogP contribution in [0.15, 0.2) is 84.9 Å². The van der Waals surface area contributed by atoms with E-state index < -0.39 is 7.14 Å². The van der Waals surface area contributed by atoms with E-state index in [0.717, 1.165) is 21.5 Å². The standard InChI is InChI=1S/C19H17OP.C2H6/c1-16-10-8-9-15-19(16)21(20,17-11-4-2-5-12-17)18-13-6-3-7-14-18;1-2/h2-15H,1H3;1-2H3. The van der Waals surface area contributed by atoms with Gasteiger partial charge >= 0.3 is 0 Å². The molecule has 3 aromatic rings. The zero-order valence-corrected chi connectivity index (χ0v) is 14.8. The van der Waals surface area contributed by atoms with Crippen molar-refractivity contribution in [2.75, 3.05) is 0 Å². The van der Waals surface area contributed by atoms with Gasteiger partial charge < -0.3 is 4.57 Å². The van der Waals surface area contributed by atoms with Crippen molar-refractivity contribution in [2.24, 2.45) is 0 Å². The zero-order chi connectivity index (χ0) is 16.7. The highest BCUT2D eigenvalue weighted by molar-refractivity contribution is 7.85. The molecule has 0 saturated heterocycles. The Labute approximate surface area is 139 Å². The molecule has 0 aliphatic rings. The molecule has 0 N–H and O–H groups in total. The van der Waals surface area contributed by atoms with Crippen molar-refractivity contribution in [3.8, 4) is 0 Å². The van der Waals surface area contributed by atoms with Gasteiger partial charge in [0.2, 0.25) is 0 Å². The number of hydrogen-bond acceptors (Lipinski definition) is 1. The highest BCUT2D eigenvalue weighted by atomic mass is 31.2. The van der Waals surface area contributed by atoms with Gasteiger partial charge in [-0.15, -0.1) is 0 Å². The van der Waals surface area contributed by atoms with E-state index in [1.54, 1.807) is 0 Å². The van der Waals surface area contributed by atoms with Crippen molar-refractivity contribution in [3.63, 3.8) is 0 Å². The second-order valence-electron chi connectivity index (χ2n) is 5.07. The Morgan fingerprint density at radius 2 is 1.00 bits per heavy atom. The minimum absolute atomic E-state index is 0.880. The molecule has 0 spiro atoms. The van der Waals surface area contributed by atoms with Gasteiger partial charge in [0.1, 0.15) is 0 Å². The van der Waals surface area contributed by atoms with Crippen LogP contribution in [0.5, 0.6) is 0 Å². The van der Waals surface area contributed by atoms with Crippen LogP contribution in [-0.2, 0) is 4.57 Å². The van der Waals surface area contributed by atoms with E-state index in [2.05, 4.69) is 0 Å². The molecule has 0 amide bonds. The molecular formula is C21H23OP. The first-order valence-corrected chi connectivity index (χ1v) is 9.71. The van der Waals surface area contributed by atoms with Crippen molar-refractivity contribution < 1.29 is 4.57 Å². The van der Waals surface area contributed by atoms with Gasteiger partial charge in [-0.1, -0.05) is 98.8 Å². The lowest BCUT2D eigenvalue weighted by molar-refractivity contribution is 0.592. The van der Waals surface area contributed by atoms with Crippen LogP contribution in [0.1, 0.15) is 19.4 Å². The van der Waals surface area contributed by atoms with Crippen LogP contribution in [0.2, 0.25) is 0 Å². The maximum Gasteiger partial charge on any atom is 0.171 e. The average Bonchev–Trinajstić information content (AvgIpc) is 2.64. The van der Waals surface area contributed by atoms with Gasteiger partial charge in [-0.05, 0) is 12.5 Å².